The van der Waals surface area contributed by atoms with Crippen LogP contribution < -0.4 is 5.32 Å². The van der Waals surface area contributed by atoms with E-state index in [-0.39, 0.29) is 0 Å². The van der Waals surface area contributed by atoms with Crippen LogP contribution >= 0.6 is 0 Å². The van der Waals surface area contributed by atoms with Crippen LogP contribution in [-0.2, 0) is 0 Å². The van der Waals surface area contributed by atoms with Crippen LogP contribution in [0.4, 0.5) is 0 Å². The van der Waals surface area contributed by atoms with Gasteiger partial charge >= 0.3 is 0 Å². The van der Waals surface area contributed by atoms with Crippen molar-refractivity contribution in [3.63, 3.8) is 0 Å². The maximum absolute atomic E-state index is 3.33. The second kappa shape index (κ2) is 6.53. The predicted octanol–water partition coefficient (Wildman–Crippen LogP) is 3.30. The molecule has 1 aliphatic heterocycles. The molecule has 0 bridgehead atoms. The minimum atomic E-state index is 0.540. The van der Waals surface area contributed by atoms with E-state index in [0.717, 1.165) is 12.5 Å². The van der Waals surface area contributed by atoms with Gasteiger partial charge in [-0.25, -0.2) is 0 Å². The Balaban J connectivity index is 2.07. The smallest absolute Gasteiger partial charge is 0.0320 e. The first-order chi connectivity index (χ1) is 9.10. The Hall–Kier alpha value is -0.860. The molecule has 1 fully saturated rings. The van der Waals surface area contributed by atoms with Gasteiger partial charge in [-0.05, 0) is 65.2 Å². The molecule has 19 heavy (non-hydrogen) atoms. The van der Waals surface area contributed by atoms with Gasteiger partial charge in [-0.1, -0.05) is 29.3 Å². The van der Waals surface area contributed by atoms with Crippen molar-refractivity contribution in [2.75, 3.05) is 26.7 Å². The third-order valence-electron chi connectivity index (χ3n) is 4.32. The molecule has 1 heterocycles. The van der Waals surface area contributed by atoms with Gasteiger partial charge in [-0.15, -0.1) is 0 Å². The maximum atomic E-state index is 3.33. The Morgan fingerprint density at radius 3 is 2.58 bits per heavy atom. The van der Waals surface area contributed by atoms with Crippen molar-refractivity contribution in [2.45, 2.75) is 39.7 Å². The van der Waals surface area contributed by atoms with Gasteiger partial charge < -0.3 is 5.32 Å². The van der Waals surface area contributed by atoms with Crippen molar-refractivity contribution in [1.29, 1.82) is 0 Å². The molecular weight excluding hydrogens is 232 g/mol. The molecule has 0 spiro atoms. The summed E-state index contributed by atoms with van der Waals surface area (Å²) >= 11 is 0. The highest BCUT2D eigenvalue weighted by Crippen LogP contribution is 2.27. The van der Waals surface area contributed by atoms with Crippen LogP contribution in [0, 0.1) is 19.8 Å². The summed E-state index contributed by atoms with van der Waals surface area (Å²) < 4.78 is 0. The summed E-state index contributed by atoms with van der Waals surface area (Å²) in [6.45, 7) is 10.4. The molecule has 1 aromatic rings. The SMILES string of the molecule is CNCC1CCCN(C(C)c2cc(C)cc(C)c2)C1. The number of hydrogen-bond donors (Lipinski definition) is 1. The topological polar surface area (TPSA) is 15.3 Å². The summed E-state index contributed by atoms with van der Waals surface area (Å²) in [5, 5.41) is 3.33. The summed E-state index contributed by atoms with van der Waals surface area (Å²) in [5.41, 5.74) is 4.24. The Bertz CT molecular complexity index is 391. The summed E-state index contributed by atoms with van der Waals surface area (Å²) in [6, 6.07) is 7.49. The zero-order chi connectivity index (χ0) is 13.8. The van der Waals surface area contributed by atoms with Crippen molar-refractivity contribution in [2.24, 2.45) is 5.92 Å². The van der Waals surface area contributed by atoms with E-state index in [9.17, 15) is 0 Å². The lowest BCUT2D eigenvalue weighted by Gasteiger charge is -2.37. The van der Waals surface area contributed by atoms with E-state index in [1.807, 2.05) is 0 Å². The quantitative estimate of drug-likeness (QED) is 0.893. The Labute approximate surface area is 118 Å². The number of piperidine rings is 1. The van der Waals surface area contributed by atoms with E-state index >= 15 is 0 Å². The molecule has 2 nitrogen and oxygen atoms in total. The lowest BCUT2D eigenvalue weighted by molar-refractivity contribution is 0.131. The molecule has 1 N–H and O–H groups in total. The minimum Gasteiger partial charge on any atom is -0.319 e. The summed E-state index contributed by atoms with van der Waals surface area (Å²) in [4.78, 5) is 2.65. The van der Waals surface area contributed by atoms with Crippen LogP contribution in [0.25, 0.3) is 0 Å². The molecule has 0 aliphatic carbocycles. The Morgan fingerprint density at radius 1 is 1.26 bits per heavy atom. The lowest BCUT2D eigenvalue weighted by atomic mass is 9.94. The Morgan fingerprint density at radius 2 is 1.95 bits per heavy atom. The van der Waals surface area contributed by atoms with Crippen LogP contribution in [0.15, 0.2) is 18.2 Å². The number of benzene rings is 1. The molecule has 2 heteroatoms. The standard InChI is InChI=1S/C17H28N2/c1-13-8-14(2)10-17(9-13)15(3)19-7-5-6-16(12-19)11-18-4/h8-10,15-16,18H,5-7,11-12H2,1-4H3. The molecule has 2 unspecified atom stereocenters. The highest BCUT2D eigenvalue weighted by molar-refractivity contribution is 5.30. The van der Waals surface area contributed by atoms with Crippen molar-refractivity contribution in [1.82, 2.24) is 10.2 Å². The summed E-state index contributed by atoms with van der Waals surface area (Å²) in [5.74, 6) is 0.812. The monoisotopic (exact) mass is 260 g/mol. The first kappa shape index (κ1) is 14.5. The molecule has 0 amide bonds. The summed E-state index contributed by atoms with van der Waals surface area (Å²) in [7, 11) is 2.06. The molecule has 0 saturated carbocycles. The highest BCUT2D eigenvalue weighted by atomic mass is 15.2. The van der Waals surface area contributed by atoms with E-state index in [2.05, 4.69) is 56.2 Å². The molecule has 2 atom stereocenters. The van der Waals surface area contributed by atoms with Gasteiger partial charge in [-0.3, -0.25) is 4.90 Å². The van der Waals surface area contributed by atoms with Crippen LogP contribution in [-0.4, -0.2) is 31.6 Å². The molecule has 1 aromatic carbocycles. The van der Waals surface area contributed by atoms with Crippen LogP contribution in [0.3, 0.4) is 0 Å². The number of rotatable bonds is 4. The van der Waals surface area contributed by atoms with Crippen LogP contribution in [0.1, 0.15) is 42.5 Å². The van der Waals surface area contributed by atoms with Crippen molar-refractivity contribution < 1.29 is 0 Å². The zero-order valence-electron chi connectivity index (χ0n) is 12.9. The van der Waals surface area contributed by atoms with E-state index in [1.54, 1.807) is 0 Å². The lowest BCUT2D eigenvalue weighted by Crippen LogP contribution is -2.40. The average Bonchev–Trinajstić information content (AvgIpc) is 2.37. The van der Waals surface area contributed by atoms with Gasteiger partial charge in [0.25, 0.3) is 0 Å². The molecule has 2 rings (SSSR count). The Kier molecular flexibility index (Phi) is 5.00. The first-order valence-corrected chi connectivity index (χ1v) is 7.57. The van der Waals surface area contributed by atoms with E-state index in [4.69, 9.17) is 0 Å². The number of nitrogens with one attached hydrogen (secondary N) is 1. The van der Waals surface area contributed by atoms with Crippen LogP contribution in [0.5, 0.6) is 0 Å². The third-order valence-corrected chi connectivity index (χ3v) is 4.32. The predicted molar refractivity (Wildman–Crippen MR) is 82.6 cm³/mol. The number of hydrogen-bond acceptors (Lipinski definition) is 2. The van der Waals surface area contributed by atoms with Gasteiger partial charge in [0.2, 0.25) is 0 Å². The molecule has 0 aromatic heterocycles. The molecule has 1 saturated heterocycles. The van der Waals surface area contributed by atoms with E-state index < -0.39 is 0 Å². The fraction of sp³-hybridized carbons (Fsp3) is 0.647. The van der Waals surface area contributed by atoms with Crippen molar-refractivity contribution in [3.05, 3.63) is 34.9 Å². The van der Waals surface area contributed by atoms with Gasteiger partial charge in [0.05, 0.1) is 0 Å². The van der Waals surface area contributed by atoms with Crippen LogP contribution in [0.2, 0.25) is 0 Å². The normalized spacial score (nSPS) is 22.4. The van der Waals surface area contributed by atoms with Gasteiger partial charge in [-0.2, -0.15) is 0 Å². The molecule has 106 valence electrons. The first-order valence-electron chi connectivity index (χ1n) is 7.57. The third kappa shape index (κ3) is 3.80. The van der Waals surface area contributed by atoms with Gasteiger partial charge in [0.15, 0.2) is 0 Å². The van der Waals surface area contributed by atoms with Gasteiger partial charge in [0.1, 0.15) is 0 Å². The second-order valence-corrected chi connectivity index (χ2v) is 6.16. The zero-order valence-corrected chi connectivity index (χ0v) is 12.9. The van der Waals surface area contributed by atoms with E-state index in [0.29, 0.717) is 6.04 Å². The molecule has 0 radical (unpaired) electrons. The maximum Gasteiger partial charge on any atom is 0.0320 e. The number of nitrogens with zero attached hydrogens (tertiary/aromatic N) is 1. The number of likely N-dealkylation sites (tertiary alicyclic amines) is 1. The van der Waals surface area contributed by atoms with Crippen molar-refractivity contribution >= 4 is 0 Å². The minimum absolute atomic E-state index is 0.540. The highest BCUT2D eigenvalue weighted by Gasteiger charge is 2.24. The number of aryl methyl sites for hydroxylation is 2. The van der Waals surface area contributed by atoms with Crippen molar-refractivity contribution in [3.8, 4) is 0 Å². The second-order valence-electron chi connectivity index (χ2n) is 6.16. The van der Waals surface area contributed by atoms with Gasteiger partial charge in [0, 0.05) is 12.6 Å². The van der Waals surface area contributed by atoms with E-state index in [1.165, 1.54) is 42.6 Å². The fourth-order valence-corrected chi connectivity index (χ4v) is 3.37. The molecule has 1 aliphatic rings. The molecular formula is C17H28N2. The summed E-state index contributed by atoms with van der Waals surface area (Å²) in [6.07, 6.45) is 2.71. The fourth-order valence-electron chi connectivity index (χ4n) is 3.37. The largest absolute Gasteiger partial charge is 0.319 e. The average molecular weight is 260 g/mol.